The smallest absolute Gasteiger partial charge is 0.328 e. The fourth-order valence-corrected chi connectivity index (χ4v) is 3.44. The monoisotopic (exact) mass is 409 g/mol. The number of esters is 1. The molecule has 6 nitrogen and oxygen atoms in total. The number of fused-ring (bicyclic) bond motifs is 1. The van der Waals surface area contributed by atoms with E-state index in [9.17, 15) is 4.79 Å². The van der Waals surface area contributed by atoms with Crippen molar-refractivity contribution >= 4 is 17.5 Å². The molecule has 2 atom stereocenters. The van der Waals surface area contributed by atoms with Crippen LogP contribution in [-0.2, 0) is 16.0 Å². The van der Waals surface area contributed by atoms with E-state index in [4.69, 9.17) is 20.9 Å². The summed E-state index contributed by atoms with van der Waals surface area (Å²) in [5.74, 6) is 0.543. The second kappa shape index (κ2) is 8.48. The maximum atomic E-state index is 12.7. The average molecular weight is 410 g/mol. The molecule has 1 aliphatic heterocycles. The Morgan fingerprint density at radius 3 is 2.73 bits per heavy atom. The van der Waals surface area contributed by atoms with E-state index in [2.05, 4.69) is 37.0 Å². The Labute approximate surface area is 178 Å². The number of aliphatic imine (C=N–C) groups is 1. The molecule has 0 aromatic heterocycles. The van der Waals surface area contributed by atoms with E-state index in [1.165, 1.54) is 16.7 Å². The lowest BCUT2D eigenvalue weighted by Gasteiger charge is -2.27. The Morgan fingerprint density at radius 2 is 2.00 bits per heavy atom. The molecular weight excluding hydrogens is 378 g/mol. The van der Waals surface area contributed by atoms with Gasteiger partial charge in [-0.1, -0.05) is 24.3 Å². The van der Waals surface area contributed by atoms with Gasteiger partial charge in [0.15, 0.2) is 6.10 Å². The number of ether oxygens (including phenoxy) is 2. The summed E-state index contributed by atoms with van der Waals surface area (Å²) in [5.41, 5.74) is 16.4. The summed E-state index contributed by atoms with van der Waals surface area (Å²) in [7, 11) is 0. The van der Waals surface area contributed by atoms with Crippen LogP contribution in [0.4, 0.5) is 5.69 Å². The van der Waals surface area contributed by atoms with Crippen LogP contribution >= 0.6 is 0 Å². The molecule has 0 saturated heterocycles. The van der Waals surface area contributed by atoms with Crippen molar-refractivity contribution in [1.29, 1.82) is 0 Å². The number of hydrogen-bond acceptors (Lipinski definition) is 6. The summed E-state index contributed by atoms with van der Waals surface area (Å²) in [4.78, 5) is 17.1. The zero-order valence-electron chi connectivity index (χ0n) is 18.4. The number of hydrogen-bond donors (Lipinski definition) is 2. The van der Waals surface area contributed by atoms with Crippen molar-refractivity contribution in [2.24, 2.45) is 16.5 Å². The Kier molecular flexibility index (Phi) is 6.17. The first-order valence-corrected chi connectivity index (χ1v) is 10.3. The van der Waals surface area contributed by atoms with Crippen molar-refractivity contribution in [2.45, 2.75) is 65.2 Å². The number of nitrogens with zero attached hydrogens (tertiary/aromatic N) is 1. The summed E-state index contributed by atoms with van der Waals surface area (Å²) in [6.45, 7) is 9.88. The third-order valence-corrected chi connectivity index (χ3v) is 5.66. The first-order valence-electron chi connectivity index (χ1n) is 10.3. The summed E-state index contributed by atoms with van der Waals surface area (Å²) < 4.78 is 11.5. The topological polar surface area (TPSA) is 99.9 Å². The number of nitrogens with two attached hydrogens (primary N) is 2. The van der Waals surface area contributed by atoms with Gasteiger partial charge >= 0.3 is 5.97 Å². The molecule has 0 radical (unpaired) electrons. The molecule has 6 heteroatoms. The molecular formula is C24H31N3O3. The number of benzene rings is 2. The van der Waals surface area contributed by atoms with Gasteiger partial charge < -0.3 is 20.9 Å². The van der Waals surface area contributed by atoms with Gasteiger partial charge in [0.2, 0.25) is 0 Å². The minimum atomic E-state index is -0.911. The molecule has 0 saturated carbocycles. The highest BCUT2D eigenvalue weighted by Crippen LogP contribution is 2.34. The van der Waals surface area contributed by atoms with Crippen LogP contribution in [0.15, 0.2) is 41.4 Å². The van der Waals surface area contributed by atoms with Gasteiger partial charge in [0.05, 0.1) is 0 Å². The van der Waals surface area contributed by atoms with E-state index < -0.39 is 17.6 Å². The van der Waals surface area contributed by atoms with Gasteiger partial charge in [-0.3, -0.25) is 0 Å². The second-order valence-corrected chi connectivity index (χ2v) is 8.54. The number of amidine groups is 1. The van der Waals surface area contributed by atoms with Crippen LogP contribution in [0.2, 0.25) is 0 Å². The van der Waals surface area contributed by atoms with Crippen LogP contribution in [0.25, 0.3) is 0 Å². The Morgan fingerprint density at radius 1 is 1.27 bits per heavy atom. The van der Waals surface area contributed by atoms with Gasteiger partial charge in [-0.25, -0.2) is 9.79 Å². The van der Waals surface area contributed by atoms with E-state index in [0.717, 1.165) is 6.42 Å². The lowest BCUT2D eigenvalue weighted by atomic mass is 9.94. The van der Waals surface area contributed by atoms with Crippen molar-refractivity contribution in [1.82, 2.24) is 0 Å². The molecule has 1 heterocycles. The van der Waals surface area contributed by atoms with Crippen molar-refractivity contribution in [3.05, 3.63) is 58.7 Å². The Bertz CT molecular complexity index is 982. The molecule has 2 aromatic rings. The highest BCUT2D eigenvalue weighted by atomic mass is 16.6. The molecule has 4 N–H and O–H groups in total. The predicted molar refractivity (Wildman–Crippen MR) is 119 cm³/mol. The number of carbonyl (C=O) groups is 1. The Balaban J connectivity index is 1.66. The lowest BCUT2D eigenvalue weighted by molar-refractivity contribution is -0.158. The largest absolute Gasteiger partial charge is 0.481 e. The quantitative estimate of drug-likeness (QED) is 0.702. The first kappa shape index (κ1) is 21.8. The van der Waals surface area contributed by atoms with E-state index in [1.807, 2.05) is 20.8 Å². The van der Waals surface area contributed by atoms with Crippen LogP contribution in [0, 0.1) is 13.8 Å². The fourth-order valence-electron chi connectivity index (χ4n) is 3.44. The number of aryl methyl sites for hydroxylation is 2. The van der Waals surface area contributed by atoms with E-state index in [1.54, 1.807) is 18.2 Å². The van der Waals surface area contributed by atoms with E-state index in [0.29, 0.717) is 29.3 Å². The molecule has 30 heavy (non-hydrogen) atoms. The predicted octanol–water partition coefficient (Wildman–Crippen LogP) is 4.03. The molecule has 0 bridgehead atoms. The molecule has 1 aliphatic rings. The fraction of sp³-hybridized carbons (Fsp3) is 0.417. The third-order valence-electron chi connectivity index (χ3n) is 5.66. The summed E-state index contributed by atoms with van der Waals surface area (Å²) in [6, 6.07) is 10.6. The van der Waals surface area contributed by atoms with Gasteiger partial charge in [0.25, 0.3) is 0 Å². The molecule has 0 fully saturated rings. The van der Waals surface area contributed by atoms with Gasteiger partial charge in [-0.15, -0.1) is 0 Å². The first-order chi connectivity index (χ1) is 14.1. The van der Waals surface area contributed by atoms with Crippen molar-refractivity contribution in [3.8, 4) is 5.75 Å². The normalized spacial score (nSPS) is 16.9. The van der Waals surface area contributed by atoms with Crippen molar-refractivity contribution < 1.29 is 14.3 Å². The van der Waals surface area contributed by atoms with E-state index in [-0.39, 0.29) is 6.10 Å². The molecule has 0 spiro atoms. The van der Waals surface area contributed by atoms with Gasteiger partial charge in [0, 0.05) is 0 Å². The van der Waals surface area contributed by atoms with Crippen molar-refractivity contribution in [3.63, 3.8) is 0 Å². The second-order valence-electron chi connectivity index (χ2n) is 8.54. The van der Waals surface area contributed by atoms with Crippen LogP contribution in [0.3, 0.4) is 0 Å². The van der Waals surface area contributed by atoms with Crippen LogP contribution in [-0.4, -0.2) is 23.5 Å². The van der Waals surface area contributed by atoms with Gasteiger partial charge in [0.1, 0.15) is 28.9 Å². The molecule has 2 aromatic carbocycles. The average Bonchev–Trinajstić information content (AvgIpc) is 2.68. The molecule has 160 valence electrons. The standard InChI is InChI=1S/C24H31N3O3/c1-14-7-6-8-17(15(14)2)11-12-24(4,5)30-23(28)21(25)18-9-10-20-19(13-18)27-22(26)16(3)29-20/h6-10,13,16,21H,11-12,25H2,1-5H3,(H2,26,27). The minimum Gasteiger partial charge on any atom is -0.481 e. The lowest BCUT2D eigenvalue weighted by Crippen LogP contribution is -2.34. The maximum Gasteiger partial charge on any atom is 0.328 e. The van der Waals surface area contributed by atoms with Crippen LogP contribution in [0.5, 0.6) is 5.75 Å². The summed E-state index contributed by atoms with van der Waals surface area (Å²) in [5, 5.41) is 0. The number of rotatable bonds is 6. The molecule has 0 amide bonds. The third kappa shape index (κ3) is 4.82. The van der Waals surface area contributed by atoms with Crippen LogP contribution in [0.1, 0.15) is 55.5 Å². The zero-order chi connectivity index (χ0) is 22.1. The van der Waals surface area contributed by atoms with Gasteiger partial charge in [-0.05, 0) is 81.8 Å². The maximum absolute atomic E-state index is 12.7. The summed E-state index contributed by atoms with van der Waals surface area (Å²) >= 11 is 0. The SMILES string of the molecule is Cc1cccc(CCC(C)(C)OC(=O)C(N)c2ccc3c(c2)N=C(N)C(C)O3)c1C. The molecule has 0 aliphatic carbocycles. The summed E-state index contributed by atoms with van der Waals surface area (Å²) in [6.07, 6.45) is 1.25. The number of carbonyl (C=O) groups excluding carboxylic acids is 1. The minimum absolute atomic E-state index is 0.278. The molecule has 2 unspecified atom stereocenters. The zero-order valence-corrected chi connectivity index (χ0v) is 18.4. The Hall–Kier alpha value is -2.86. The van der Waals surface area contributed by atoms with Gasteiger partial charge in [-0.2, -0.15) is 0 Å². The van der Waals surface area contributed by atoms with Crippen LogP contribution < -0.4 is 16.2 Å². The highest BCUT2D eigenvalue weighted by Gasteiger charge is 2.28. The van der Waals surface area contributed by atoms with Crippen molar-refractivity contribution in [2.75, 3.05) is 0 Å². The van der Waals surface area contributed by atoms with E-state index >= 15 is 0 Å². The highest BCUT2D eigenvalue weighted by molar-refractivity contribution is 5.90. The molecule has 3 rings (SSSR count).